The second-order valence-electron chi connectivity index (χ2n) is 7.37. The van der Waals surface area contributed by atoms with Gasteiger partial charge in [-0.2, -0.15) is 0 Å². The van der Waals surface area contributed by atoms with E-state index in [1.54, 1.807) is 30.8 Å². The minimum atomic E-state index is -1.25. The number of aromatic nitrogens is 3. The average molecular weight is 405 g/mol. The largest absolute Gasteiger partial charge is 0.378 e. The fourth-order valence-electron chi connectivity index (χ4n) is 2.88. The van der Waals surface area contributed by atoms with Crippen LogP contribution in [-0.2, 0) is 4.79 Å². The molecule has 1 unspecified atom stereocenters. The van der Waals surface area contributed by atoms with Crippen LogP contribution >= 0.6 is 0 Å². The molecule has 0 saturated heterocycles. The summed E-state index contributed by atoms with van der Waals surface area (Å²) in [7, 11) is 1.64. The van der Waals surface area contributed by atoms with Gasteiger partial charge in [-0.1, -0.05) is 24.0 Å². The predicted octanol–water partition coefficient (Wildman–Crippen LogP) is 1.38. The Bertz CT molecular complexity index is 1170. The van der Waals surface area contributed by atoms with Crippen LogP contribution in [0.2, 0.25) is 0 Å². The monoisotopic (exact) mass is 405 g/mol. The molecule has 154 valence electrons. The first-order chi connectivity index (χ1) is 14.2. The molecule has 0 aliphatic rings. The molecule has 3 N–H and O–H groups in total. The van der Waals surface area contributed by atoms with E-state index in [4.69, 9.17) is 5.73 Å². The lowest BCUT2D eigenvalue weighted by molar-refractivity contribution is -0.117. The lowest BCUT2D eigenvalue weighted by atomic mass is 10.0. The molecule has 0 radical (unpaired) electrons. The van der Waals surface area contributed by atoms with E-state index < -0.39 is 11.5 Å². The Labute approximate surface area is 174 Å². The highest BCUT2D eigenvalue weighted by molar-refractivity contribution is 5.92. The molecule has 0 bridgehead atoms. The van der Waals surface area contributed by atoms with E-state index in [9.17, 15) is 14.7 Å². The molecule has 0 aliphatic carbocycles. The molecule has 30 heavy (non-hydrogen) atoms. The van der Waals surface area contributed by atoms with Gasteiger partial charge >= 0.3 is 0 Å². The van der Waals surface area contributed by atoms with Gasteiger partial charge in [0.15, 0.2) is 5.65 Å². The third-order valence-electron chi connectivity index (χ3n) is 4.67. The number of carbonyl (C=O) groups is 2. The summed E-state index contributed by atoms with van der Waals surface area (Å²) in [4.78, 5) is 32.7. The van der Waals surface area contributed by atoms with Crippen LogP contribution in [0.1, 0.15) is 35.1 Å². The molecular formula is C22H23N5O3. The smallest absolute Gasteiger partial charge is 0.268 e. The van der Waals surface area contributed by atoms with Gasteiger partial charge in [0.25, 0.3) is 5.91 Å². The number of benzene rings is 1. The first-order valence-electron chi connectivity index (χ1n) is 9.36. The number of carbonyl (C=O) groups excluding carboxylic acids is 2. The van der Waals surface area contributed by atoms with Crippen molar-refractivity contribution in [1.82, 2.24) is 19.3 Å². The van der Waals surface area contributed by atoms with Crippen molar-refractivity contribution in [1.29, 1.82) is 0 Å². The number of amides is 2. The minimum Gasteiger partial charge on any atom is -0.378 e. The van der Waals surface area contributed by atoms with Crippen molar-refractivity contribution in [2.45, 2.75) is 25.9 Å². The summed E-state index contributed by atoms with van der Waals surface area (Å²) >= 11 is 0. The van der Waals surface area contributed by atoms with Crippen LogP contribution in [0.5, 0.6) is 0 Å². The molecule has 3 rings (SSSR count). The van der Waals surface area contributed by atoms with Gasteiger partial charge in [0, 0.05) is 49.2 Å². The standard InChI is InChI=1S/C22H23N5O3/c1-15-12-24-21-19(25-18(20(23)29)13-27(15)21)17-6-4-5-16(11-17)7-8-22(2,30)9-10-26(3)14-28/h4-6,11-14,30H,9-10H2,1-3H3,(H2,23,29). The van der Waals surface area contributed by atoms with Crippen molar-refractivity contribution < 1.29 is 14.7 Å². The Kier molecular flexibility index (Phi) is 5.85. The van der Waals surface area contributed by atoms with Crippen LogP contribution in [0.3, 0.4) is 0 Å². The van der Waals surface area contributed by atoms with Gasteiger partial charge in [-0.25, -0.2) is 9.97 Å². The summed E-state index contributed by atoms with van der Waals surface area (Å²) in [6.45, 7) is 3.88. The lowest BCUT2D eigenvalue weighted by Crippen LogP contribution is -2.29. The van der Waals surface area contributed by atoms with Crippen molar-refractivity contribution in [3.8, 4) is 23.1 Å². The van der Waals surface area contributed by atoms with Crippen LogP contribution in [0.25, 0.3) is 16.9 Å². The van der Waals surface area contributed by atoms with E-state index in [0.29, 0.717) is 36.3 Å². The molecule has 3 aromatic rings. The van der Waals surface area contributed by atoms with Crippen LogP contribution in [0.15, 0.2) is 36.7 Å². The molecule has 0 aliphatic heterocycles. The Morgan fingerprint density at radius 2 is 2.20 bits per heavy atom. The zero-order chi connectivity index (χ0) is 21.9. The maximum atomic E-state index is 11.7. The highest BCUT2D eigenvalue weighted by Gasteiger charge is 2.18. The second-order valence-corrected chi connectivity index (χ2v) is 7.37. The van der Waals surface area contributed by atoms with Crippen molar-refractivity contribution >= 4 is 18.0 Å². The van der Waals surface area contributed by atoms with Gasteiger partial charge in [0.05, 0.1) is 0 Å². The molecular weight excluding hydrogens is 382 g/mol. The van der Waals surface area contributed by atoms with Gasteiger partial charge in [0.1, 0.15) is 17.0 Å². The van der Waals surface area contributed by atoms with E-state index >= 15 is 0 Å². The third kappa shape index (κ3) is 4.64. The van der Waals surface area contributed by atoms with E-state index in [2.05, 4.69) is 21.8 Å². The Morgan fingerprint density at radius 3 is 2.90 bits per heavy atom. The molecule has 1 aromatic carbocycles. The number of imidazole rings is 1. The summed E-state index contributed by atoms with van der Waals surface area (Å²) in [5.41, 5.74) is 7.70. The fraction of sp³-hybridized carbons (Fsp3) is 0.273. The molecule has 2 heterocycles. The fourth-order valence-corrected chi connectivity index (χ4v) is 2.88. The zero-order valence-electron chi connectivity index (χ0n) is 17.1. The first-order valence-corrected chi connectivity index (χ1v) is 9.36. The first kappa shape index (κ1) is 21.0. The van der Waals surface area contributed by atoms with Gasteiger partial charge < -0.3 is 20.1 Å². The Hall–Kier alpha value is -3.70. The number of nitrogens with zero attached hydrogens (tertiary/aromatic N) is 4. The summed E-state index contributed by atoms with van der Waals surface area (Å²) in [6, 6.07) is 7.30. The van der Waals surface area contributed by atoms with Gasteiger partial charge in [-0.3, -0.25) is 9.59 Å². The quantitative estimate of drug-likeness (QED) is 0.475. The molecule has 1 atom stereocenters. The number of hydrogen-bond donors (Lipinski definition) is 2. The minimum absolute atomic E-state index is 0.136. The van der Waals surface area contributed by atoms with Crippen LogP contribution < -0.4 is 5.73 Å². The number of aliphatic hydroxyl groups is 1. The second kappa shape index (κ2) is 8.35. The SMILES string of the molecule is Cc1cnc2c(-c3cccc(C#CC(C)(O)CCN(C)C=O)c3)nc(C(N)=O)cn12. The molecule has 8 nitrogen and oxygen atoms in total. The van der Waals surface area contributed by atoms with E-state index in [1.807, 2.05) is 31.2 Å². The lowest BCUT2D eigenvalue weighted by Gasteiger charge is -2.19. The summed E-state index contributed by atoms with van der Waals surface area (Å²) < 4.78 is 1.77. The van der Waals surface area contributed by atoms with Crippen molar-refractivity contribution in [3.63, 3.8) is 0 Å². The number of fused-ring (bicyclic) bond motifs is 1. The molecule has 8 heteroatoms. The highest BCUT2D eigenvalue weighted by atomic mass is 16.3. The molecule has 0 fully saturated rings. The maximum Gasteiger partial charge on any atom is 0.268 e. The van der Waals surface area contributed by atoms with Gasteiger partial charge in [0.2, 0.25) is 6.41 Å². The average Bonchev–Trinajstić information content (AvgIpc) is 3.11. The Balaban J connectivity index is 1.97. The van der Waals surface area contributed by atoms with Crippen molar-refractivity contribution in [3.05, 3.63) is 53.6 Å². The third-order valence-corrected chi connectivity index (χ3v) is 4.67. The molecule has 0 spiro atoms. The normalized spacial score (nSPS) is 12.7. The van der Waals surface area contributed by atoms with E-state index in [0.717, 1.165) is 11.3 Å². The van der Waals surface area contributed by atoms with Gasteiger partial charge in [-0.15, -0.1) is 0 Å². The topological polar surface area (TPSA) is 114 Å². The van der Waals surface area contributed by atoms with Crippen molar-refractivity contribution in [2.75, 3.05) is 13.6 Å². The number of aryl methyl sites for hydroxylation is 1. The number of rotatable bonds is 6. The summed E-state index contributed by atoms with van der Waals surface area (Å²) in [5, 5.41) is 10.5. The number of nitrogens with two attached hydrogens (primary N) is 1. The van der Waals surface area contributed by atoms with E-state index in [-0.39, 0.29) is 5.69 Å². The van der Waals surface area contributed by atoms with Crippen LogP contribution in [-0.4, -0.2) is 55.9 Å². The number of primary amides is 1. The summed E-state index contributed by atoms with van der Waals surface area (Å²) in [5.74, 6) is 5.20. The van der Waals surface area contributed by atoms with Crippen LogP contribution in [0, 0.1) is 18.8 Å². The van der Waals surface area contributed by atoms with Crippen LogP contribution in [0.4, 0.5) is 0 Å². The molecule has 2 amide bonds. The molecule has 0 saturated carbocycles. The maximum absolute atomic E-state index is 11.7. The molecule has 2 aromatic heterocycles. The highest BCUT2D eigenvalue weighted by Crippen LogP contribution is 2.24. The Morgan fingerprint density at radius 1 is 1.43 bits per heavy atom. The zero-order valence-corrected chi connectivity index (χ0v) is 17.1. The predicted molar refractivity (Wildman–Crippen MR) is 112 cm³/mol. The number of hydrogen-bond acceptors (Lipinski definition) is 5. The van der Waals surface area contributed by atoms with Crippen molar-refractivity contribution in [2.24, 2.45) is 5.73 Å². The summed E-state index contributed by atoms with van der Waals surface area (Å²) in [6.07, 6.45) is 4.30. The van der Waals surface area contributed by atoms with Gasteiger partial charge in [-0.05, 0) is 26.0 Å². The van der Waals surface area contributed by atoms with E-state index in [1.165, 1.54) is 4.90 Å².